The third kappa shape index (κ3) is 5.41. The average molecular weight is 397 g/mol. The first kappa shape index (κ1) is 21.6. The fraction of sp³-hybridized carbons (Fsp3) is 0.238. The number of hydrogen-bond donors (Lipinski definition) is 3. The lowest BCUT2D eigenvalue weighted by Crippen LogP contribution is -2.41. The van der Waals surface area contributed by atoms with Crippen molar-refractivity contribution < 1.29 is 23.9 Å². The van der Waals surface area contributed by atoms with E-state index in [4.69, 9.17) is 4.74 Å². The van der Waals surface area contributed by atoms with Crippen LogP contribution in [0.4, 0.5) is 17.1 Å². The molecule has 0 aliphatic carbocycles. The van der Waals surface area contributed by atoms with E-state index in [0.717, 1.165) is 0 Å². The van der Waals surface area contributed by atoms with Gasteiger partial charge in [-0.15, -0.1) is 0 Å². The third-order valence-corrected chi connectivity index (χ3v) is 4.18. The van der Waals surface area contributed by atoms with E-state index in [2.05, 4.69) is 16.0 Å². The molecule has 2 aromatic rings. The number of nitrogens with one attached hydrogen (secondary N) is 3. The average Bonchev–Trinajstić information content (AvgIpc) is 2.68. The van der Waals surface area contributed by atoms with Gasteiger partial charge in [-0.2, -0.15) is 0 Å². The van der Waals surface area contributed by atoms with E-state index < -0.39 is 23.2 Å². The van der Waals surface area contributed by atoms with Gasteiger partial charge in [-0.05, 0) is 50.2 Å². The molecule has 0 unspecified atom stereocenters. The highest BCUT2D eigenvalue weighted by atomic mass is 16.5. The van der Waals surface area contributed by atoms with E-state index in [1.165, 1.54) is 33.9 Å². The smallest absolute Gasteiger partial charge is 0.339 e. The van der Waals surface area contributed by atoms with Crippen LogP contribution in [-0.2, 0) is 19.1 Å². The molecular weight excluding hydrogens is 374 g/mol. The highest BCUT2D eigenvalue weighted by molar-refractivity contribution is 6.15. The zero-order chi connectivity index (χ0) is 21.6. The first-order valence-corrected chi connectivity index (χ1v) is 8.83. The molecule has 0 aliphatic rings. The molecule has 0 aromatic heterocycles. The maximum absolute atomic E-state index is 12.7. The van der Waals surface area contributed by atoms with Crippen molar-refractivity contribution in [2.75, 3.05) is 23.1 Å². The lowest BCUT2D eigenvalue weighted by molar-refractivity contribution is -0.135. The van der Waals surface area contributed by atoms with E-state index in [1.54, 1.807) is 42.5 Å². The van der Waals surface area contributed by atoms with E-state index in [-0.39, 0.29) is 17.2 Å². The number of hydrogen-bond acceptors (Lipinski definition) is 5. The minimum Gasteiger partial charge on any atom is -0.465 e. The van der Waals surface area contributed by atoms with Crippen molar-refractivity contribution in [3.8, 4) is 0 Å². The number of carbonyl (C=O) groups excluding carboxylic acids is 4. The number of para-hydroxylation sites is 1. The number of benzene rings is 2. The van der Waals surface area contributed by atoms with Gasteiger partial charge < -0.3 is 20.7 Å². The van der Waals surface area contributed by atoms with E-state index in [0.29, 0.717) is 11.4 Å². The maximum atomic E-state index is 12.7. The normalized spacial score (nSPS) is 10.6. The van der Waals surface area contributed by atoms with Gasteiger partial charge in [0.25, 0.3) is 0 Å². The predicted octanol–water partition coefficient (Wildman–Crippen LogP) is 3.04. The number of ether oxygens (including phenoxy) is 1. The lowest BCUT2D eigenvalue weighted by atomic mass is 9.90. The molecule has 8 nitrogen and oxygen atoms in total. The Bertz CT molecular complexity index is 936. The summed E-state index contributed by atoms with van der Waals surface area (Å²) in [5.41, 5.74) is 0.0735. The van der Waals surface area contributed by atoms with Crippen LogP contribution in [0.25, 0.3) is 0 Å². The Morgan fingerprint density at radius 2 is 1.31 bits per heavy atom. The molecule has 0 aliphatic heterocycles. The quantitative estimate of drug-likeness (QED) is 0.512. The summed E-state index contributed by atoms with van der Waals surface area (Å²) in [6.07, 6.45) is 0. The minimum absolute atomic E-state index is 0.188. The zero-order valence-electron chi connectivity index (χ0n) is 16.7. The Kier molecular flexibility index (Phi) is 6.71. The van der Waals surface area contributed by atoms with Gasteiger partial charge in [0, 0.05) is 18.3 Å². The summed E-state index contributed by atoms with van der Waals surface area (Å²) in [5, 5.41) is 7.92. The topological polar surface area (TPSA) is 114 Å². The van der Waals surface area contributed by atoms with Gasteiger partial charge in [-0.25, -0.2) is 4.79 Å². The molecular formula is C21H23N3O5. The summed E-state index contributed by atoms with van der Waals surface area (Å²) in [5.74, 6) is -1.91. The molecule has 0 saturated carbocycles. The number of methoxy groups -OCH3 is 1. The highest BCUT2D eigenvalue weighted by Crippen LogP contribution is 2.24. The SMILES string of the molecule is COC(=O)c1ccccc1NC(=O)C(C)(C)C(=O)Nc1ccc(NC(C)=O)cc1. The molecule has 152 valence electrons. The summed E-state index contributed by atoms with van der Waals surface area (Å²) < 4.78 is 4.71. The summed E-state index contributed by atoms with van der Waals surface area (Å²) in [6.45, 7) is 4.35. The van der Waals surface area contributed by atoms with Crippen LogP contribution in [0.2, 0.25) is 0 Å². The molecule has 3 N–H and O–H groups in total. The van der Waals surface area contributed by atoms with Crippen LogP contribution in [0.3, 0.4) is 0 Å². The Hall–Kier alpha value is -3.68. The van der Waals surface area contributed by atoms with E-state index >= 15 is 0 Å². The Labute approximate surface area is 168 Å². The first-order chi connectivity index (χ1) is 13.6. The monoisotopic (exact) mass is 397 g/mol. The van der Waals surface area contributed by atoms with Crippen LogP contribution in [0.15, 0.2) is 48.5 Å². The fourth-order valence-corrected chi connectivity index (χ4v) is 2.39. The molecule has 0 atom stereocenters. The van der Waals surface area contributed by atoms with Crippen molar-refractivity contribution in [2.24, 2.45) is 5.41 Å². The third-order valence-electron chi connectivity index (χ3n) is 4.18. The molecule has 0 bridgehead atoms. The summed E-state index contributed by atoms with van der Waals surface area (Å²) in [7, 11) is 1.25. The number of anilines is 3. The van der Waals surface area contributed by atoms with Crippen molar-refractivity contribution in [2.45, 2.75) is 20.8 Å². The first-order valence-electron chi connectivity index (χ1n) is 8.83. The minimum atomic E-state index is -1.43. The predicted molar refractivity (Wildman–Crippen MR) is 110 cm³/mol. The van der Waals surface area contributed by atoms with Gasteiger partial charge in [-0.1, -0.05) is 12.1 Å². The highest BCUT2D eigenvalue weighted by Gasteiger charge is 2.36. The summed E-state index contributed by atoms with van der Waals surface area (Å²) in [6, 6.07) is 12.9. The molecule has 0 spiro atoms. The lowest BCUT2D eigenvalue weighted by Gasteiger charge is -2.23. The Balaban J connectivity index is 2.11. The maximum Gasteiger partial charge on any atom is 0.339 e. The molecule has 0 fully saturated rings. The van der Waals surface area contributed by atoms with Crippen LogP contribution < -0.4 is 16.0 Å². The Morgan fingerprint density at radius 3 is 1.86 bits per heavy atom. The Morgan fingerprint density at radius 1 is 0.793 bits per heavy atom. The molecule has 8 heteroatoms. The van der Waals surface area contributed by atoms with Crippen LogP contribution in [0.1, 0.15) is 31.1 Å². The largest absolute Gasteiger partial charge is 0.465 e. The molecule has 0 heterocycles. The van der Waals surface area contributed by atoms with Gasteiger partial charge in [0.1, 0.15) is 5.41 Å². The van der Waals surface area contributed by atoms with Crippen molar-refractivity contribution in [1.82, 2.24) is 0 Å². The van der Waals surface area contributed by atoms with Crippen molar-refractivity contribution >= 4 is 40.8 Å². The van der Waals surface area contributed by atoms with Crippen LogP contribution in [0, 0.1) is 5.41 Å². The molecule has 2 rings (SSSR count). The number of rotatable bonds is 6. The van der Waals surface area contributed by atoms with Gasteiger partial charge in [-0.3, -0.25) is 14.4 Å². The van der Waals surface area contributed by atoms with Gasteiger partial charge >= 0.3 is 5.97 Å². The van der Waals surface area contributed by atoms with Gasteiger partial charge in [0.2, 0.25) is 17.7 Å². The van der Waals surface area contributed by atoms with Crippen LogP contribution >= 0.6 is 0 Å². The second-order valence-corrected chi connectivity index (χ2v) is 6.83. The van der Waals surface area contributed by atoms with Crippen molar-refractivity contribution in [1.29, 1.82) is 0 Å². The molecule has 0 saturated heterocycles. The van der Waals surface area contributed by atoms with Crippen LogP contribution in [-0.4, -0.2) is 30.8 Å². The summed E-state index contributed by atoms with van der Waals surface area (Å²) in [4.78, 5) is 48.3. The second-order valence-electron chi connectivity index (χ2n) is 6.83. The molecule has 29 heavy (non-hydrogen) atoms. The molecule has 3 amide bonds. The fourth-order valence-electron chi connectivity index (χ4n) is 2.39. The van der Waals surface area contributed by atoms with Gasteiger partial charge in [0.05, 0.1) is 18.4 Å². The van der Waals surface area contributed by atoms with Gasteiger partial charge in [0.15, 0.2) is 0 Å². The van der Waals surface area contributed by atoms with Crippen molar-refractivity contribution in [3.05, 3.63) is 54.1 Å². The van der Waals surface area contributed by atoms with Crippen LogP contribution in [0.5, 0.6) is 0 Å². The molecule has 2 aromatic carbocycles. The standard InChI is InChI=1S/C21H23N3O5/c1-13(25)22-14-9-11-15(12-10-14)23-19(27)21(2,3)20(28)24-17-8-6-5-7-16(17)18(26)29-4/h5-12H,1-4H3,(H,22,25)(H,23,27)(H,24,28). The van der Waals surface area contributed by atoms with Crippen molar-refractivity contribution in [3.63, 3.8) is 0 Å². The zero-order valence-corrected chi connectivity index (χ0v) is 16.7. The number of amides is 3. The number of esters is 1. The van der Waals surface area contributed by atoms with E-state index in [9.17, 15) is 19.2 Å². The summed E-state index contributed by atoms with van der Waals surface area (Å²) >= 11 is 0. The molecule has 0 radical (unpaired) electrons. The number of carbonyl (C=O) groups is 4. The second kappa shape index (κ2) is 9.01. The van der Waals surface area contributed by atoms with E-state index in [1.807, 2.05) is 0 Å².